The lowest BCUT2D eigenvalue weighted by Gasteiger charge is -2.12. The van der Waals surface area contributed by atoms with Crippen molar-refractivity contribution in [2.75, 3.05) is 13.2 Å². The number of nitrogens with zero attached hydrogens (tertiary/aromatic N) is 2. The normalized spacial score (nSPS) is 19.5. The average Bonchev–Trinajstić information content (AvgIpc) is 2.93. The fourth-order valence-electron chi connectivity index (χ4n) is 2.40. The summed E-state index contributed by atoms with van der Waals surface area (Å²) in [6.07, 6.45) is 3.47. The lowest BCUT2D eigenvalue weighted by molar-refractivity contribution is 0.186. The van der Waals surface area contributed by atoms with Gasteiger partial charge < -0.3 is 4.74 Å². The third-order valence-electron chi connectivity index (χ3n) is 3.55. The SMILES string of the molecule is CCc1ccc2ncn([C@@H]3CCOC3)c(=O)c2c1. The summed E-state index contributed by atoms with van der Waals surface area (Å²) in [5, 5.41) is 0.712. The molecule has 1 aromatic heterocycles. The molecule has 1 atom stereocenters. The summed E-state index contributed by atoms with van der Waals surface area (Å²) in [6, 6.07) is 6.04. The molecule has 0 spiro atoms. The van der Waals surface area contributed by atoms with Crippen molar-refractivity contribution in [2.45, 2.75) is 25.8 Å². The van der Waals surface area contributed by atoms with Crippen LogP contribution in [-0.4, -0.2) is 22.8 Å². The summed E-state index contributed by atoms with van der Waals surface area (Å²) in [6.45, 7) is 3.42. The third-order valence-corrected chi connectivity index (χ3v) is 3.55. The smallest absolute Gasteiger partial charge is 0.261 e. The molecule has 0 saturated carbocycles. The lowest BCUT2D eigenvalue weighted by Crippen LogP contribution is -2.25. The summed E-state index contributed by atoms with van der Waals surface area (Å²) in [4.78, 5) is 16.8. The monoisotopic (exact) mass is 244 g/mol. The van der Waals surface area contributed by atoms with E-state index in [4.69, 9.17) is 4.74 Å². The molecular weight excluding hydrogens is 228 g/mol. The minimum absolute atomic E-state index is 0.0470. The topological polar surface area (TPSA) is 44.1 Å². The minimum atomic E-state index is 0.0470. The van der Waals surface area contributed by atoms with E-state index in [0.717, 1.165) is 25.0 Å². The second-order valence-electron chi connectivity index (χ2n) is 4.68. The number of rotatable bonds is 2. The van der Waals surface area contributed by atoms with Crippen molar-refractivity contribution in [1.29, 1.82) is 0 Å². The number of fused-ring (bicyclic) bond motifs is 1. The number of aryl methyl sites for hydroxylation is 1. The highest BCUT2D eigenvalue weighted by molar-refractivity contribution is 5.78. The maximum absolute atomic E-state index is 12.5. The van der Waals surface area contributed by atoms with Crippen molar-refractivity contribution in [3.05, 3.63) is 40.4 Å². The molecule has 0 radical (unpaired) electrons. The molecule has 1 aliphatic heterocycles. The molecule has 0 amide bonds. The van der Waals surface area contributed by atoms with Gasteiger partial charge in [-0.3, -0.25) is 9.36 Å². The Bertz CT molecular complexity index is 627. The zero-order chi connectivity index (χ0) is 12.5. The zero-order valence-corrected chi connectivity index (χ0v) is 10.4. The molecule has 18 heavy (non-hydrogen) atoms. The molecular formula is C14H16N2O2. The highest BCUT2D eigenvalue weighted by atomic mass is 16.5. The van der Waals surface area contributed by atoms with Gasteiger partial charge in [-0.25, -0.2) is 4.98 Å². The number of ether oxygens (including phenoxy) is 1. The first kappa shape index (κ1) is 11.4. The van der Waals surface area contributed by atoms with Crippen molar-refractivity contribution in [3.8, 4) is 0 Å². The van der Waals surface area contributed by atoms with Gasteiger partial charge in [0, 0.05) is 6.61 Å². The summed E-state index contributed by atoms with van der Waals surface area (Å²) in [5.41, 5.74) is 1.99. The largest absolute Gasteiger partial charge is 0.379 e. The molecule has 0 unspecified atom stereocenters. The van der Waals surface area contributed by atoms with Gasteiger partial charge in [0.2, 0.25) is 0 Å². The van der Waals surface area contributed by atoms with E-state index in [1.807, 2.05) is 18.2 Å². The van der Waals surface area contributed by atoms with Gasteiger partial charge in [-0.15, -0.1) is 0 Å². The van der Waals surface area contributed by atoms with Crippen molar-refractivity contribution >= 4 is 10.9 Å². The Morgan fingerprint density at radius 3 is 3.11 bits per heavy atom. The highest BCUT2D eigenvalue weighted by Gasteiger charge is 2.19. The average molecular weight is 244 g/mol. The first-order valence-electron chi connectivity index (χ1n) is 6.37. The van der Waals surface area contributed by atoms with E-state index in [1.165, 1.54) is 5.56 Å². The summed E-state index contributed by atoms with van der Waals surface area (Å²) in [5.74, 6) is 0. The number of benzene rings is 1. The van der Waals surface area contributed by atoms with Gasteiger partial charge in [0.15, 0.2) is 0 Å². The fraction of sp³-hybridized carbons (Fsp3) is 0.429. The van der Waals surface area contributed by atoms with E-state index in [-0.39, 0.29) is 11.6 Å². The first-order valence-corrected chi connectivity index (χ1v) is 6.37. The van der Waals surface area contributed by atoms with Crippen LogP contribution >= 0.6 is 0 Å². The van der Waals surface area contributed by atoms with Gasteiger partial charge >= 0.3 is 0 Å². The Labute approximate surface area is 105 Å². The van der Waals surface area contributed by atoms with Crippen LogP contribution in [0.25, 0.3) is 10.9 Å². The van der Waals surface area contributed by atoms with Crippen LogP contribution in [0.4, 0.5) is 0 Å². The third kappa shape index (κ3) is 1.82. The van der Waals surface area contributed by atoms with Gasteiger partial charge in [-0.2, -0.15) is 0 Å². The van der Waals surface area contributed by atoms with Crippen LogP contribution in [0.15, 0.2) is 29.3 Å². The Hall–Kier alpha value is -1.68. The second kappa shape index (κ2) is 4.53. The van der Waals surface area contributed by atoms with Crippen LogP contribution < -0.4 is 5.56 Å². The molecule has 3 rings (SSSR count). The molecule has 1 aliphatic rings. The lowest BCUT2D eigenvalue weighted by atomic mass is 10.1. The van der Waals surface area contributed by atoms with Gasteiger partial charge in [0.25, 0.3) is 5.56 Å². The van der Waals surface area contributed by atoms with Crippen molar-refractivity contribution in [2.24, 2.45) is 0 Å². The number of hydrogen-bond donors (Lipinski definition) is 0. The van der Waals surface area contributed by atoms with Crippen molar-refractivity contribution in [1.82, 2.24) is 9.55 Å². The Balaban J connectivity index is 2.17. The van der Waals surface area contributed by atoms with Gasteiger partial charge in [0.1, 0.15) is 0 Å². The predicted molar refractivity (Wildman–Crippen MR) is 69.9 cm³/mol. The van der Waals surface area contributed by atoms with Gasteiger partial charge in [-0.1, -0.05) is 13.0 Å². The van der Waals surface area contributed by atoms with Crippen LogP contribution in [0, 0.1) is 0 Å². The van der Waals surface area contributed by atoms with Gasteiger partial charge in [-0.05, 0) is 30.5 Å². The summed E-state index contributed by atoms with van der Waals surface area (Å²) < 4.78 is 7.05. The molecule has 1 aromatic carbocycles. The molecule has 94 valence electrons. The van der Waals surface area contributed by atoms with Crippen LogP contribution in [0.1, 0.15) is 24.9 Å². The highest BCUT2D eigenvalue weighted by Crippen LogP contribution is 2.18. The molecule has 2 heterocycles. The van der Waals surface area contributed by atoms with Crippen LogP contribution in [-0.2, 0) is 11.2 Å². The molecule has 4 nitrogen and oxygen atoms in total. The molecule has 1 fully saturated rings. The Morgan fingerprint density at radius 2 is 2.39 bits per heavy atom. The maximum Gasteiger partial charge on any atom is 0.261 e. The Kier molecular flexibility index (Phi) is 2.88. The van der Waals surface area contributed by atoms with Crippen molar-refractivity contribution < 1.29 is 4.74 Å². The summed E-state index contributed by atoms with van der Waals surface area (Å²) in [7, 11) is 0. The molecule has 2 aromatic rings. The van der Waals surface area contributed by atoms with E-state index < -0.39 is 0 Å². The van der Waals surface area contributed by atoms with Gasteiger partial charge in [0.05, 0.1) is 29.9 Å². The maximum atomic E-state index is 12.5. The van der Waals surface area contributed by atoms with Crippen LogP contribution in [0.5, 0.6) is 0 Å². The fourth-order valence-corrected chi connectivity index (χ4v) is 2.40. The van der Waals surface area contributed by atoms with Crippen LogP contribution in [0.2, 0.25) is 0 Å². The minimum Gasteiger partial charge on any atom is -0.379 e. The molecule has 1 saturated heterocycles. The van der Waals surface area contributed by atoms with E-state index in [2.05, 4.69) is 11.9 Å². The second-order valence-corrected chi connectivity index (χ2v) is 4.68. The van der Waals surface area contributed by atoms with E-state index in [0.29, 0.717) is 12.0 Å². The zero-order valence-electron chi connectivity index (χ0n) is 10.4. The Morgan fingerprint density at radius 1 is 1.50 bits per heavy atom. The molecule has 4 heteroatoms. The first-order chi connectivity index (χ1) is 8.79. The standard InChI is InChI=1S/C14H16N2O2/c1-2-10-3-4-13-12(7-10)14(17)16(9-15-13)11-5-6-18-8-11/h3-4,7,9,11H,2,5-6,8H2,1H3/t11-/m1/s1. The quantitative estimate of drug-likeness (QED) is 0.810. The van der Waals surface area contributed by atoms with Crippen LogP contribution in [0.3, 0.4) is 0 Å². The molecule has 0 N–H and O–H groups in total. The van der Waals surface area contributed by atoms with E-state index in [1.54, 1.807) is 10.9 Å². The summed E-state index contributed by atoms with van der Waals surface area (Å²) >= 11 is 0. The number of aromatic nitrogens is 2. The van der Waals surface area contributed by atoms with Crippen molar-refractivity contribution in [3.63, 3.8) is 0 Å². The van der Waals surface area contributed by atoms with E-state index in [9.17, 15) is 4.79 Å². The molecule has 0 bridgehead atoms. The predicted octanol–water partition coefficient (Wildman–Crippen LogP) is 1.92. The van der Waals surface area contributed by atoms with E-state index >= 15 is 0 Å². The number of hydrogen-bond acceptors (Lipinski definition) is 3. The molecule has 0 aliphatic carbocycles.